The van der Waals surface area contributed by atoms with Crippen LogP contribution in [-0.2, 0) is 5.75 Å². The molecule has 8 heteroatoms. The highest BCUT2D eigenvalue weighted by Crippen LogP contribution is 2.32. The van der Waals surface area contributed by atoms with Crippen LogP contribution in [0.5, 0.6) is 0 Å². The topological polar surface area (TPSA) is 82.5 Å². The van der Waals surface area contributed by atoms with Gasteiger partial charge in [0, 0.05) is 24.9 Å². The molecule has 142 valence electrons. The number of hydrogen-bond donors (Lipinski definition) is 0. The van der Waals surface area contributed by atoms with Crippen molar-refractivity contribution in [3.05, 3.63) is 66.1 Å². The Morgan fingerprint density at radius 1 is 1.04 bits per heavy atom. The van der Waals surface area contributed by atoms with Crippen molar-refractivity contribution < 1.29 is 4.42 Å². The van der Waals surface area contributed by atoms with Gasteiger partial charge in [0.05, 0.1) is 11.4 Å². The van der Waals surface area contributed by atoms with Crippen LogP contribution in [-0.4, -0.2) is 29.9 Å². The van der Waals surface area contributed by atoms with Crippen LogP contribution in [0.25, 0.3) is 17.1 Å². The quantitative estimate of drug-likeness (QED) is 0.449. The molecule has 3 heterocycles. The molecule has 0 aliphatic heterocycles. The van der Waals surface area contributed by atoms with E-state index < -0.39 is 0 Å². The lowest BCUT2D eigenvalue weighted by Crippen LogP contribution is -2.05. The van der Waals surface area contributed by atoms with E-state index in [1.165, 1.54) is 17.3 Å². The van der Waals surface area contributed by atoms with E-state index in [4.69, 9.17) is 4.42 Å². The van der Waals surface area contributed by atoms with Crippen molar-refractivity contribution in [3.8, 4) is 17.1 Å². The standard InChI is InChI=1S/C20H20N6OS/c1-13(2)16-8-4-5-9-17(16)26-19(15-7-6-10-21-11-15)24-25-20(26)28-12-18-23-22-14(3)27-18/h4-11,13H,12H2,1-3H3. The van der Waals surface area contributed by atoms with Crippen molar-refractivity contribution in [2.75, 3.05) is 0 Å². The molecular weight excluding hydrogens is 372 g/mol. The normalized spacial score (nSPS) is 11.3. The SMILES string of the molecule is Cc1nnc(CSc2nnc(-c3cccnc3)n2-c2ccccc2C(C)C)o1. The van der Waals surface area contributed by atoms with Gasteiger partial charge in [0.1, 0.15) is 0 Å². The minimum absolute atomic E-state index is 0.358. The second kappa shape index (κ2) is 7.93. The van der Waals surface area contributed by atoms with Crippen LogP contribution in [0.4, 0.5) is 0 Å². The van der Waals surface area contributed by atoms with Crippen LogP contribution in [0.2, 0.25) is 0 Å². The largest absolute Gasteiger partial charge is 0.425 e. The van der Waals surface area contributed by atoms with E-state index >= 15 is 0 Å². The third-order valence-corrected chi connectivity index (χ3v) is 5.16. The number of hydrogen-bond acceptors (Lipinski definition) is 7. The van der Waals surface area contributed by atoms with Gasteiger partial charge < -0.3 is 4.42 Å². The van der Waals surface area contributed by atoms with Crippen LogP contribution in [0.3, 0.4) is 0 Å². The van der Waals surface area contributed by atoms with E-state index in [-0.39, 0.29) is 0 Å². The summed E-state index contributed by atoms with van der Waals surface area (Å²) in [6.07, 6.45) is 3.55. The van der Waals surface area contributed by atoms with E-state index in [1.807, 2.05) is 18.2 Å². The molecule has 28 heavy (non-hydrogen) atoms. The van der Waals surface area contributed by atoms with Gasteiger partial charge in [-0.25, -0.2) is 0 Å². The van der Waals surface area contributed by atoms with E-state index in [0.29, 0.717) is 23.5 Å². The van der Waals surface area contributed by atoms with Gasteiger partial charge in [-0.05, 0) is 29.7 Å². The zero-order valence-corrected chi connectivity index (χ0v) is 16.7. The first-order chi connectivity index (χ1) is 13.6. The average molecular weight is 392 g/mol. The fraction of sp³-hybridized carbons (Fsp3) is 0.250. The molecule has 0 saturated carbocycles. The molecule has 0 aliphatic carbocycles. The van der Waals surface area contributed by atoms with Gasteiger partial charge in [0.25, 0.3) is 0 Å². The predicted octanol–water partition coefficient (Wildman–Crippen LogP) is 4.44. The molecule has 7 nitrogen and oxygen atoms in total. The summed E-state index contributed by atoms with van der Waals surface area (Å²) in [5.74, 6) is 2.76. The maximum absolute atomic E-state index is 5.49. The summed E-state index contributed by atoms with van der Waals surface area (Å²) >= 11 is 1.52. The molecule has 0 fully saturated rings. The van der Waals surface area contributed by atoms with Crippen molar-refractivity contribution in [1.29, 1.82) is 0 Å². The molecule has 1 aromatic carbocycles. The van der Waals surface area contributed by atoms with Gasteiger partial charge in [-0.3, -0.25) is 9.55 Å². The van der Waals surface area contributed by atoms with Gasteiger partial charge in [-0.2, -0.15) is 0 Å². The van der Waals surface area contributed by atoms with E-state index in [0.717, 1.165) is 22.2 Å². The molecule has 3 aromatic heterocycles. The smallest absolute Gasteiger partial charge is 0.226 e. The first-order valence-corrected chi connectivity index (χ1v) is 9.99. The van der Waals surface area contributed by atoms with Crippen LogP contribution < -0.4 is 0 Å². The third kappa shape index (κ3) is 3.68. The first-order valence-electron chi connectivity index (χ1n) is 9.00. The van der Waals surface area contributed by atoms with Crippen molar-refractivity contribution in [2.45, 2.75) is 37.6 Å². The zero-order valence-electron chi connectivity index (χ0n) is 15.9. The van der Waals surface area contributed by atoms with Crippen molar-refractivity contribution in [3.63, 3.8) is 0 Å². The number of aryl methyl sites for hydroxylation is 1. The Morgan fingerprint density at radius 2 is 1.89 bits per heavy atom. The highest BCUT2D eigenvalue weighted by atomic mass is 32.2. The highest BCUT2D eigenvalue weighted by Gasteiger charge is 2.20. The number of para-hydroxylation sites is 1. The molecule has 4 aromatic rings. The molecule has 0 saturated heterocycles. The summed E-state index contributed by atoms with van der Waals surface area (Å²) < 4.78 is 7.58. The van der Waals surface area contributed by atoms with Crippen LogP contribution in [0.1, 0.15) is 37.1 Å². The van der Waals surface area contributed by atoms with Crippen molar-refractivity contribution >= 4 is 11.8 Å². The number of pyridine rings is 1. The average Bonchev–Trinajstić information content (AvgIpc) is 3.33. The fourth-order valence-corrected chi connectivity index (χ4v) is 3.75. The Morgan fingerprint density at radius 3 is 2.61 bits per heavy atom. The monoisotopic (exact) mass is 392 g/mol. The second-order valence-electron chi connectivity index (χ2n) is 6.60. The number of aromatic nitrogens is 6. The molecule has 0 spiro atoms. The lowest BCUT2D eigenvalue weighted by Gasteiger charge is -2.16. The lowest BCUT2D eigenvalue weighted by molar-refractivity contribution is 0.485. The Balaban J connectivity index is 1.80. The van der Waals surface area contributed by atoms with Gasteiger partial charge in [-0.1, -0.05) is 43.8 Å². The summed E-state index contributed by atoms with van der Waals surface area (Å²) in [5.41, 5.74) is 3.20. The minimum Gasteiger partial charge on any atom is -0.425 e. The molecule has 0 N–H and O–H groups in total. The Kier molecular flexibility index (Phi) is 5.21. The molecule has 0 atom stereocenters. The minimum atomic E-state index is 0.358. The van der Waals surface area contributed by atoms with Gasteiger partial charge >= 0.3 is 0 Å². The third-order valence-electron chi connectivity index (χ3n) is 4.25. The number of benzene rings is 1. The van der Waals surface area contributed by atoms with Crippen molar-refractivity contribution in [2.24, 2.45) is 0 Å². The van der Waals surface area contributed by atoms with Crippen molar-refractivity contribution in [1.82, 2.24) is 29.9 Å². The molecule has 4 rings (SSSR count). The predicted molar refractivity (Wildman–Crippen MR) is 107 cm³/mol. The first kappa shape index (κ1) is 18.4. The maximum atomic E-state index is 5.49. The molecular formula is C20H20N6OS. The summed E-state index contributed by atoms with van der Waals surface area (Å²) in [6.45, 7) is 6.14. The number of nitrogens with zero attached hydrogens (tertiary/aromatic N) is 6. The fourth-order valence-electron chi connectivity index (χ4n) is 2.96. The van der Waals surface area contributed by atoms with E-state index in [9.17, 15) is 0 Å². The Labute approximate surface area is 167 Å². The molecule has 0 unspecified atom stereocenters. The summed E-state index contributed by atoms with van der Waals surface area (Å²) in [5, 5.41) is 17.6. The maximum Gasteiger partial charge on any atom is 0.226 e. The Hall–Kier alpha value is -3.00. The van der Waals surface area contributed by atoms with Gasteiger partial charge in [-0.15, -0.1) is 20.4 Å². The molecule has 0 amide bonds. The molecule has 0 radical (unpaired) electrons. The number of thioether (sulfide) groups is 1. The summed E-state index contributed by atoms with van der Waals surface area (Å²) in [7, 11) is 0. The Bertz CT molecular complexity index is 1070. The van der Waals surface area contributed by atoms with Crippen LogP contribution in [0, 0.1) is 6.92 Å². The van der Waals surface area contributed by atoms with E-state index in [1.54, 1.807) is 19.3 Å². The van der Waals surface area contributed by atoms with Gasteiger partial charge in [0.2, 0.25) is 11.8 Å². The number of rotatable bonds is 6. The van der Waals surface area contributed by atoms with Crippen LogP contribution in [0.15, 0.2) is 58.4 Å². The van der Waals surface area contributed by atoms with E-state index in [2.05, 4.69) is 62.0 Å². The second-order valence-corrected chi connectivity index (χ2v) is 7.54. The zero-order chi connectivity index (χ0) is 19.5. The lowest BCUT2D eigenvalue weighted by atomic mass is 10.0. The van der Waals surface area contributed by atoms with Gasteiger partial charge in [0.15, 0.2) is 11.0 Å². The molecule has 0 bridgehead atoms. The highest BCUT2D eigenvalue weighted by molar-refractivity contribution is 7.98. The summed E-state index contributed by atoms with van der Waals surface area (Å²) in [6, 6.07) is 12.2. The summed E-state index contributed by atoms with van der Waals surface area (Å²) in [4.78, 5) is 4.24. The van der Waals surface area contributed by atoms with Crippen LogP contribution >= 0.6 is 11.8 Å². The molecule has 0 aliphatic rings.